The first-order chi connectivity index (χ1) is 13.1. The summed E-state index contributed by atoms with van der Waals surface area (Å²) in [4.78, 5) is 33.4. The van der Waals surface area contributed by atoms with Crippen LogP contribution in [-0.4, -0.2) is 56.7 Å². The lowest BCUT2D eigenvalue weighted by atomic mass is 10.2. The van der Waals surface area contributed by atoms with Crippen molar-refractivity contribution in [3.05, 3.63) is 58.3 Å². The van der Waals surface area contributed by atoms with Crippen LogP contribution in [0.5, 0.6) is 0 Å². The van der Waals surface area contributed by atoms with Gasteiger partial charge in [0.05, 0.1) is 5.69 Å². The molecule has 1 saturated heterocycles. The molecule has 1 saturated carbocycles. The SMILES string of the molecule is CC(C(=O)N1CCN(Cc2cccnc2)CC1)n1nc(C2CC2)ccc1=O. The van der Waals surface area contributed by atoms with Crippen molar-refractivity contribution >= 4 is 5.91 Å². The molecule has 0 spiro atoms. The molecule has 2 fully saturated rings. The standard InChI is InChI=1S/C20H25N5O2/c1-15(25-19(26)7-6-18(22-25)17-4-5-17)20(27)24-11-9-23(10-12-24)14-16-3-2-8-21-13-16/h2-3,6-8,13,15,17H,4-5,9-12,14H2,1H3. The van der Waals surface area contributed by atoms with Gasteiger partial charge >= 0.3 is 0 Å². The lowest BCUT2D eigenvalue weighted by Crippen LogP contribution is -2.50. The molecular formula is C20H25N5O2. The smallest absolute Gasteiger partial charge is 0.267 e. The molecule has 7 nitrogen and oxygen atoms in total. The Morgan fingerprint density at radius 2 is 1.96 bits per heavy atom. The first-order valence-electron chi connectivity index (χ1n) is 9.61. The van der Waals surface area contributed by atoms with Crippen LogP contribution in [0.3, 0.4) is 0 Å². The van der Waals surface area contributed by atoms with Crippen LogP contribution in [0.4, 0.5) is 0 Å². The van der Waals surface area contributed by atoms with E-state index in [1.807, 2.05) is 17.2 Å². The minimum Gasteiger partial charge on any atom is -0.338 e. The number of hydrogen-bond acceptors (Lipinski definition) is 5. The second-order valence-electron chi connectivity index (χ2n) is 7.45. The number of carbonyl (C=O) groups is 1. The zero-order valence-electron chi connectivity index (χ0n) is 15.6. The maximum atomic E-state index is 12.9. The average Bonchev–Trinajstić information content (AvgIpc) is 3.54. The summed E-state index contributed by atoms with van der Waals surface area (Å²) in [5, 5.41) is 4.46. The summed E-state index contributed by atoms with van der Waals surface area (Å²) in [6, 6.07) is 6.77. The van der Waals surface area contributed by atoms with Crippen molar-refractivity contribution < 1.29 is 4.79 Å². The average molecular weight is 367 g/mol. The Hall–Kier alpha value is -2.54. The minimum absolute atomic E-state index is 0.0291. The van der Waals surface area contributed by atoms with Crippen molar-refractivity contribution in [3.63, 3.8) is 0 Å². The number of hydrogen-bond donors (Lipinski definition) is 0. The third kappa shape index (κ3) is 4.08. The molecule has 0 aromatic carbocycles. The zero-order valence-corrected chi connectivity index (χ0v) is 15.6. The van der Waals surface area contributed by atoms with Gasteiger partial charge in [-0.25, -0.2) is 4.68 Å². The molecule has 4 rings (SSSR count). The van der Waals surface area contributed by atoms with E-state index in [0.29, 0.717) is 19.0 Å². The topological polar surface area (TPSA) is 71.3 Å². The molecule has 3 heterocycles. The van der Waals surface area contributed by atoms with E-state index >= 15 is 0 Å². The first-order valence-corrected chi connectivity index (χ1v) is 9.61. The molecule has 1 atom stereocenters. The van der Waals surface area contributed by atoms with Crippen molar-refractivity contribution in [1.29, 1.82) is 0 Å². The monoisotopic (exact) mass is 367 g/mol. The van der Waals surface area contributed by atoms with Gasteiger partial charge in [0, 0.05) is 57.1 Å². The van der Waals surface area contributed by atoms with Crippen LogP contribution in [0.1, 0.15) is 43.0 Å². The molecule has 0 bridgehead atoms. The number of aromatic nitrogens is 3. The van der Waals surface area contributed by atoms with Crippen LogP contribution in [0.25, 0.3) is 0 Å². The summed E-state index contributed by atoms with van der Waals surface area (Å²) in [7, 11) is 0. The van der Waals surface area contributed by atoms with E-state index in [2.05, 4.69) is 21.0 Å². The number of piperazine rings is 1. The zero-order chi connectivity index (χ0) is 18.8. The minimum atomic E-state index is -0.568. The van der Waals surface area contributed by atoms with Crippen LogP contribution >= 0.6 is 0 Å². The fraction of sp³-hybridized carbons (Fsp3) is 0.500. The molecule has 0 radical (unpaired) electrons. The van der Waals surface area contributed by atoms with Gasteiger partial charge < -0.3 is 4.90 Å². The van der Waals surface area contributed by atoms with Crippen LogP contribution in [-0.2, 0) is 11.3 Å². The lowest BCUT2D eigenvalue weighted by Gasteiger charge is -2.36. The fourth-order valence-electron chi connectivity index (χ4n) is 3.56. The van der Waals surface area contributed by atoms with Crippen LogP contribution in [0.15, 0.2) is 41.5 Å². The molecule has 1 aliphatic heterocycles. The van der Waals surface area contributed by atoms with E-state index in [4.69, 9.17) is 0 Å². The van der Waals surface area contributed by atoms with Gasteiger partial charge in [0.2, 0.25) is 5.91 Å². The van der Waals surface area contributed by atoms with Crippen LogP contribution < -0.4 is 5.56 Å². The van der Waals surface area contributed by atoms with Gasteiger partial charge in [0.1, 0.15) is 6.04 Å². The van der Waals surface area contributed by atoms with E-state index < -0.39 is 6.04 Å². The highest BCUT2D eigenvalue weighted by Gasteiger charge is 2.29. The summed E-state index contributed by atoms with van der Waals surface area (Å²) in [6.45, 7) is 5.59. The van der Waals surface area contributed by atoms with Crippen molar-refractivity contribution in [2.45, 2.75) is 38.3 Å². The summed E-state index contributed by atoms with van der Waals surface area (Å²) in [6.07, 6.45) is 5.89. The largest absolute Gasteiger partial charge is 0.338 e. The Balaban J connectivity index is 1.37. The van der Waals surface area contributed by atoms with E-state index in [-0.39, 0.29) is 11.5 Å². The van der Waals surface area contributed by atoms with Gasteiger partial charge in [0.15, 0.2) is 0 Å². The normalized spacial score (nSPS) is 19.1. The van der Waals surface area contributed by atoms with Crippen molar-refractivity contribution in [2.75, 3.05) is 26.2 Å². The first kappa shape index (κ1) is 17.9. The molecule has 2 aliphatic rings. The molecule has 0 N–H and O–H groups in total. The third-order valence-corrected chi connectivity index (χ3v) is 5.38. The molecule has 2 aromatic heterocycles. The summed E-state index contributed by atoms with van der Waals surface area (Å²) < 4.78 is 1.36. The molecule has 1 unspecified atom stereocenters. The Morgan fingerprint density at radius 3 is 2.63 bits per heavy atom. The third-order valence-electron chi connectivity index (χ3n) is 5.38. The molecule has 142 valence electrons. The summed E-state index contributed by atoms with van der Waals surface area (Å²) in [5.74, 6) is 0.425. The van der Waals surface area contributed by atoms with E-state index in [1.54, 1.807) is 19.2 Å². The highest BCUT2D eigenvalue weighted by molar-refractivity contribution is 5.80. The fourth-order valence-corrected chi connectivity index (χ4v) is 3.56. The maximum absolute atomic E-state index is 12.9. The van der Waals surface area contributed by atoms with Gasteiger partial charge in [-0.15, -0.1) is 0 Å². The number of nitrogens with zero attached hydrogens (tertiary/aromatic N) is 5. The predicted octanol–water partition coefficient (Wildman–Crippen LogP) is 1.42. The van der Waals surface area contributed by atoms with Gasteiger partial charge in [-0.1, -0.05) is 6.07 Å². The van der Waals surface area contributed by atoms with E-state index in [0.717, 1.165) is 38.2 Å². The number of pyridine rings is 1. The highest BCUT2D eigenvalue weighted by Crippen LogP contribution is 2.38. The van der Waals surface area contributed by atoms with Crippen molar-refractivity contribution in [3.8, 4) is 0 Å². The van der Waals surface area contributed by atoms with E-state index in [9.17, 15) is 9.59 Å². The predicted molar refractivity (Wildman–Crippen MR) is 101 cm³/mol. The second kappa shape index (κ2) is 7.60. The lowest BCUT2D eigenvalue weighted by molar-refractivity contribution is -0.136. The summed E-state index contributed by atoms with van der Waals surface area (Å²) in [5.41, 5.74) is 1.89. The molecule has 1 amide bonds. The van der Waals surface area contributed by atoms with Gasteiger partial charge in [-0.05, 0) is 37.5 Å². The van der Waals surface area contributed by atoms with Gasteiger partial charge in [-0.3, -0.25) is 19.5 Å². The van der Waals surface area contributed by atoms with Crippen LogP contribution in [0.2, 0.25) is 0 Å². The quantitative estimate of drug-likeness (QED) is 0.799. The number of rotatable bonds is 5. The molecule has 1 aliphatic carbocycles. The number of amides is 1. The Labute approximate surface area is 158 Å². The van der Waals surface area contributed by atoms with Crippen molar-refractivity contribution in [2.24, 2.45) is 0 Å². The Morgan fingerprint density at radius 1 is 1.19 bits per heavy atom. The maximum Gasteiger partial charge on any atom is 0.267 e. The Bertz CT molecular complexity index is 854. The van der Waals surface area contributed by atoms with Gasteiger partial charge in [0.25, 0.3) is 5.56 Å². The molecule has 2 aromatic rings. The molecule has 7 heteroatoms. The van der Waals surface area contributed by atoms with E-state index in [1.165, 1.54) is 16.3 Å². The van der Waals surface area contributed by atoms with Crippen LogP contribution in [0, 0.1) is 0 Å². The van der Waals surface area contributed by atoms with Gasteiger partial charge in [-0.2, -0.15) is 5.10 Å². The molecule has 27 heavy (non-hydrogen) atoms. The highest BCUT2D eigenvalue weighted by atomic mass is 16.2. The molecular weight excluding hydrogens is 342 g/mol. The number of carbonyl (C=O) groups excluding carboxylic acids is 1. The summed E-state index contributed by atoms with van der Waals surface area (Å²) >= 11 is 0. The second-order valence-corrected chi connectivity index (χ2v) is 7.45. The Kier molecular flexibility index (Phi) is 5.03. The van der Waals surface area contributed by atoms with Crippen molar-refractivity contribution in [1.82, 2.24) is 24.6 Å².